The number of anilines is 2. The highest BCUT2D eigenvalue weighted by Gasteiger charge is 2.36. The molecule has 1 aliphatic heterocycles. The molecular weight excluding hydrogens is 274 g/mol. The van der Waals surface area contributed by atoms with Gasteiger partial charge < -0.3 is 10.6 Å². The van der Waals surface area contributed by atoms with Crippen LogP contribution in [0.4, 0.5) is 11.4 Å². The van der Waals surface area contributed by atoms with Crippen LogP contribution in [0.5, 0.6) is 0 Å². The van der Waals surface area contributed by atoms with Gasteiger partial charge in [0.15, 0.2) is 0 Å². The minimum Gasteiger partial charge on any atom is -0.396 e. The lowest BCUT2D eigenvalue weighted by molar-refractivity contribution is 0.362. The lowest BCUT2D eigenvalue weighted by Crippen LogP contribution is -2.43. The Bertz CT molecular complexity index is 615. The molecule has 5 nitrogen and oxygen atoms in total. The zero-order valence-corrected chi connectivity index (χ0v) is 12.3. The van der Waals surface area contributed by atoms with Gasteiger partial charge in [-0.2, -0.15) is 0 Å². The average molecular weight is 295 g/mol. The number of nitrogen functional groups attached to an aromatic ring is 1. The summed E-state index contributed by atoms with van der Waals surface area (Å²) in [4.78, 5) is 2.33. The van der Waals surface area contributed by atoms with E-state index in [1.807, 2.05) is 6.07 Å². The summed E-state index contributed by atoms with van der Waals surface area (Å²) in [5.74, 6) is 0.723. The van der Waals surface area contributed by atoms with Crippen molar-refractivity contribution in [3.8, 4) is 0 Å². The molecule has 1 saturated heterocycles. The van der Waals surface area contributed by atoms with Gasteiger partial charge in [0.05, 0.1) is 11.4 Å². The first kappa shape index (κ1) is 13.7. The lowest BCUT2D eigenvalue weighted by Gasteiger charge is -2.40. The Morgan fingerprint density at radius 3 is 2.65 bits per heavy atom. The van der Waals surface area contributed by atoms with Gasteiger partial charge in [0, 0.05) is 12.6 Å². The predicted octanol–water partition coefficient (Wildman–Crippen LogP) is 1.69. The molecule has 0 spiro atoms. The third-order valence-electron chi connectivity index (χ3n) is 4.65. The number of sulfonamides is 1. The molecule has 110 valence electrons. The fourth-order valence-electron chi connectivity index (χ4n) is 3.78. The Morgan fingerprint density at radius 1 is 1.15 bits per heavy atom. The van der Waals surface area contributed by atoms with E-state index in [1.165, 1.54) is 31.7 Å². The minimum absolute atomic E-state index is 0.0371. The molecular formula is C14H21N3O2S. The van der Waals surface area contributed by atoms with Gasteiger partial charge in [0.25, 0.3) is 0 Å². The Morgan fingerprint density at radius 2 is 1.90 bits per heavy atom. The maximum atomic E-state index is 11.6. The number of nitrogens with zero attached hydrogens (tertiary/aromatic N) is 1. The minimum atomic E-state index is -3.77. The highest BCUT2D eigenvalue weighted by atomic mass is 32.2. The number of para-hydroxylation sites is 1. The largest absolute Gasteiger partial charge is 0.396 e. The average Bonchev–Trinajstić information content (AvgIpc) is 2.86. The van der Waals surface area contributed by atoms with Gasteiger partial charge in [0.2, 0.25) is 10.0 Å². The SMILES string of the molecule is Nc1c(N2CCCC3CCCC32)cccc1S(N)(=O)=O. The van der Waals surface area contributed by atoms with E-state index in [1.54, 1.807) is 6.07 Å². The normalized spacial score (nSPS) is 26.6. The molecule has 1 saturated carbocycles. The molecule has 2 atom stereocenters. The Labute approximate surface area is 120 Å². The van der Waals surface area contributed by atoms with Crippen LogP contribution in [0.3, 0.4) is 0 Å². The predicted molar refractivity (Wildman–Crippen MR) is 79.9 cm³/mol. The first-order valence-electron chi connectivity index (χ1n) is 7.16. The zero-order valence-electron chi connectivity index (χ0n) is 11.5. The number of piperidine rings is 1. The Balaban J connectivity index is 2.02. The lowest BCUT2D eigenvalue weighted by atomic mass is 9.91. The molecule has 1 heterocycles. The molecule has 2 aliphatic rings. The highest BCUT2D eigenvalue weighted by Crippen LogP contribution is 2.41. The zero-order chi connectivity index (χ0) is 14.3. The highest BCUT2D eigenvalue weighted by molar-refractivity contribution is 7.89. The van der Waals surface area contributed by atoms with Crippen LogP contribution in [-0.2, 0) is 10.0 Å². The summed E-state index contributed by atoms with van der Waals surface area (Å²) < 4.78 is 23.2. The first-order valence-corrected chi connectivity index (χ1v) is 8.71. The van der Waals surface area contributed by atoms with Crippen molar-refractivity contribution >= 4 is 21.4 Å². The smallest absolute Gasteiger partial charge is 0.240 e. The molecule has 1 aliphatic carbocycles. The third-order valence-corrected chi connectivity index (χ3v) is 5.62. The summed E-state index contributed by atoms with van der Waals surface area (Å²) in [5.41, 5.74) is 7.20. The van der Waals surface area contributed by atoms with E-state index in [4.69, 9.17) is 10.9 Å². The van der Waals surface area contributed by atoms with Gasteiger partial charge in [-0.15, -0.1) is 0 Å². The van der Waals surface area contributed by atoms with Crippen LogP contribution in [-0.4, -0.2) is 21.0 Å². The van der Waals surface area contributed by atoms with Crippen molar-refractivity contribution in [1.82, 2.24) is 0 Å². The van der Waals surface area contributed by atoms with E-state index in [0.717, 1.165) is 24.6 Å². The summed E-state index contributed by atoms with van der Waals surface area (Å²) in [5, 5.41) is 5.24. The van der Waals surface area contributed by atoms with Gasteiger partial charge in [0.1, 0.15) is 4.90 Å². The monoisotopic (exact) mass is 295 g/mol. The van der Waals surface area contributed by atoms with Crippen LogP contribution < -0.4 is 15.8 Å². The second-order valence-corrected chi connectivity index (χ2v) is 7.36. The maximum Gasteiger partial charge on any atom is 0.240 e. The fraction of sp³-hybridized carbons (Fsp3) is 0.571. The number of primary sulfonamides is 1. The van der Waals surface area contributed by atoms with Crippen molar-refractivity contribution in [1.29, 1.82) is 0 Å². The second-order valence-electron chi connectivity index (χ2n) is 5.83. The van der Waals surface area contributed by atoms with Crippen LogP contribution >= 0.6 is 0 Å². The molecule has 2 fully saturated rings. The van der Waals surface area contributed by atoms with Gasteiger partial charge in [-0.05, 0) is 43.7 Å². The van der Waals surface area contributed by atoms with Crippen LogP contribution in [0.1, 0.15) is 32.1 Å². The molecule has 0 radical (unpaired) electrons. The molecule has 0 bridgehead atoms. The van der Waals surface area contributed by atoms with E-state index < -0.39 is 10.0 Å². The number of nitrogens with two attached hydrogens (primary N) is 2. The molecule has 0 aromatic heterocycles. The van der Waals surface area contributed by atoms with Crippen molar-refractivity contribution in [2.75, 3.05) is 17.2 Å². The number of fused-ring (bicyclic) bond motifs is 1. The van der Waals surface area contributed by atoms with Gasteiger partial charge in [-0.3, -0.25) is 0 Å². The molecule has 0 amide bonds. The summed E-state index contributed by atoms with van der Waals surface area (Å²) in [6.07, 6.45) is 6.11. The van der Waals surface area contributed by atoms with E-state index in [9.17, 15) is 8.42 Å². The molecule has 3 rings (SSSR count). The molecule has 20 heavy (non-hydrogen) atoms. The van der Waals surface area contributed by atoms with Crippen LogP contribution in [0.15, 0.2) is 23.1 Å². The molecule has 6 heteroatoms. The third kappa shape index (κ3) is 2.27. The van der Waals surface area contributed by atoms with Crippen molar-refractivity contribution in [2.45, 2.75) is 43.0 Å². The van der Waals surface area contributed by atoms with Crippen molar-refractivity contribution in [3.05, 3.63) is 18.2 Å². The van der Waals surface area contributed by atoms with Crippen LogP contribution in [0, 0.1) is 5.92 Å². The van der Waals surface area contributed by atoms with Crippen LogP contribution in [0.25, 0.3) is 0 Å². The molecule has 1 aromatic rings. The number of hydrogen-bond acceptors (Lipinski definition) is 4. The van der Waals surface area contributed by atoms with E-state index >= 15 is 0 Å². The summed E-state index contributed by atoms with van der Waals surface area (Å²) >= 11 is 0. The van der Waals surface area contributed by atoms with E-state index in [-0.39, 0.29) is 4.90 Å². The Hall–Kier alpha value is -1.27. The quantitative estimate of drug-likeness (QED) is 0.812. The summed E-state index contributed by atoms with van der Waals surface area (Å²) in [6.45, 7) is 0.944. The molecule has 1 aromatic carbocycles. The van der Waals surface area contributed by atoms with Crippen molar-refractivity contribution in [3.63, 3.8) is 0 Å². The number of rotatable bonds is 2. The number of benzene rings is 1. The van der Waals surface area contributed by atoms with E-state index in [0.29, 0.717) is 11.7 Å². The second kappa shape index (κ2) is 4.93. The van der Waals surface area contributed by atoms with Gasteiger partial charge in [-0.25, -0.2) is 13.6 Å². The summed E-state index contributed by atoms with van der Waals surface area (Å²) in [6, 6.07) is 5.61. The van der Waals surface area contributed by atoms with E-state index in [2.05, 4.69) is 4.90 Å². The number of hydrogen-bond donors (Lipinski definition) is 2. The topological polar surface area (TPSA) is 89.4 Å². The van der Waals surface area contributed by atoms with Gasteiger partial charge in [-0.1, -0.05) is 12.5 Å². The Kier molecular flexibility index (Phi) is 3.38. The molecule has 4 N–H and O–H groups in total. The van der Waals surface area contributed by atoms with Crippen molar-refractivity contribution < 1.29 is 8.42 Å². The summed E-state index contributed by atoms with van der Waals surface area (Å²) in [7, 11) is -3.77. The standard InChI is InChI=1S/C14H21N3O2S/c15-14-12(7-2-8-13(14)20(16,18)19)17-9-3-5-10-4-1-6-11(10)17/h2,7-8,10-11H,1,3-6,9,15H2,(H2,16,18,19). The fourth-order valence-corrected chi connectivity index (χ4v) is 4.46. The van der Waals surface area contributed by atoms with Gasteiger partial charge >= 0.3 is 0 Å². The first-order chi connectivity index (χ1) is 9.48. The maximum absolute atomic E-state index is 11.6. The van der Waals surface area contributed by atoms with Crippen LogP contribution in [0.2, 0.25) is 0 Å². The van der Waals surface area contributed by atoms with Crippen molar-refractivity contribution in [2.24, 2.45) is 11.1 Å². The molecule has 2 unspecified atom stereocenters.